The number of ether oxygens (including phenoxy) is 3. The van der Waals surface area contributed by atoms with E-state index in [4.69, 9.17) is 25.8 Å². The first kappa shape index (κ1) is 34.5. The van der Waals surface area contributed by atoms with Gasteiger partial charge in [-0.2, -0.15) is 0 Å². The number of amides is 2. The Morgan fingerprint density at radius 2 is 1.52 bits per heavy atom. The Hall–Kier alpha value is -3.96. The number of hydrogen-bond acceptors (Lipinski definition) is 7. The maximum Gasteiger partial charge on any atom is 0.265 e. The molecule has 0 unspecified atom stereocenters. The highest BCUT2D eigenvalue weighted by Crippen LogP contribution is 2.37. The summed E-state index contributed by atoms with van der Waals surface area (Å²) in [4.78, 5) is 28.7. The van der Waals surface area contributed by atoms with Gasteiger partial charge in [0.05, 0.1) is 31.9 Å². The van der Waals surface area contributed by atoms with E-state index in [0.29, 0.717) is 12.3 Å². The minimum Gasteiger partial charge on any atom is -0.495 e. The van der Waals surface area contributed by atoms with Crippen molar-refractivity contribution >= 4 is 39.1 Å². The first-order valence-corrected chi connectivity index (χ1v) is 15.9. The SMILES string of the molecule is COc1ccc(S(=O)(=O)N(CC(=O)N(Cc2ccccc2C)[C@H](C)C(=O)NCC(C)C)c2cc(Cl)ccc2OC)cc1OC. The second-order valence-corrected chi connectivity index (χ2v) is 12.9. The van der Waals surface area contributed by atoms with Crippen LogP contribution in [0.2, 0.25) is 5.02 Å². The first-order valence-electron chi connectivity index (χ1n) is 14.0. The van der Waals surface area contributed by atoms with Crippen molar-refractivity contribution in [3.8, 4) is 17.2 Å². The van der Waals surface area contributed by atoms with Crippen LogP contribution in [0.3, 0.4) is 0 Å². The van der Waals surface area contributed by atoms with Crippen molar-refractivity contribution in [1.29, 1.82) is 0 Å². The second kappa shape index (κ2) is 15.2. The van der Waals surface area contributed by atoms with Crippen LogP contribution in [0.15, 0.2) is 65.6 Å². The standard InChI is InChI=1S/C32H40ClN3O7S/c1-21(2)18-34-32(38)23(4)35(19-24-11-9-8-10-22(24)3)31(37)20-36(27-16-25(33)12-14-28(27)41-5)44(39,40)26-13-15-29(42-6)30(17-26)43-7/h8-17,21,23H,18-20H2,1-7H3,(H,34,38)/t23-/m1/s1. The molecule has 0 fully saturated rings. The van der Waals surface area contributed by atoms with Gasteiger partial charge in [0.15, 0.2) is 11.5 Å². The zero-order valence-corrected chi connectivity index (χ0v) is 27.7. The molecule has 1 atom stereocenters. The van der Waals surface area contributed by atoms with Crippen molar-refractivity contribution in [2.45, 2.75) is 45.2 Å². The number of methoxy groups -OCH3 is 3. The molecule has 0 heterocycles. The van der Waals surface area contributed by atoms with Crippen molar-refractivity contribution in [2.75, 3.05) is 38.7 Å². The normalized spacial score (nSPS) is 11.9. The van der Waals surface area contributed by atoms with E-state index < -0.39 is 28.5 Å². The minimum absolute atomic E-state index is 0.0517. The molecule has 2 amide bonds. The molecule has 3 aromatic carbocycles. The van der Waals surface area contributed by atoms with Gasteiger partial charge in [-0.25, -0.2) is 8.42 Å². The average molecular weight is 646 g/mol. The third-order valence-electron chi connectivity index (χ3n) is 7.09. The summed E-state index contributed by atoms with van der Waals surface area (Å²) in [5, 5.41) is 3.12. The van der Waals surface area contributed by atoms with Gasteiger partial charge >= 0.3 is 0 Å². The molecular formula is C32H40ClN3O7S. The minimum atomic E-state index is -4.43. The number of nitrogens with one attached hydrogen (secondary N) is 1. The van der Waals surface area contributed by atoms with Crippen molar-refractivity contribution in [3.63, 3.8) is 0 Å². The van der Waals surface area contributed by atoms with Crippen LogP contribution in [0.25, 0.3) is 0 Å². The Kier molecular flexibility index (Phi) is 11.9. The Labute approximate surface area is 264 Å². The molecular weight excluding hydrogens is 606 g/mol. The van der Waals surface area contributed by atoms with Crippen LogP contribution in [-0.4, -0.2) is 65.6 Å². The van der Waals surface area contributed by atoms with E-state index in [1.54, 1.807) is 13.0 Å². The number of aryl methyl sites for hydroxylation is 1. The quantitative estimate of drug-likeness (QED) is 0.261. The van der Waals surface area contributed by atoms with Crippen LogP contribution in [0, 0.1) is 12.8 Å². The molecule has 0 saturated carbocycles. The topological polar surface area (TPSA) is 114 Å². The summed E-state index contributed by atoms with van der Waals surface area (Å²) in [5.41, 5.74) is 1.79. The summed E-state index contributed by atoms with van der Waals surface area (Å²) in [6.07, 6.45) is 0. The van der Waals surface area contributed by atoms with Crippen LogP contribution < -0.4 is 23.8 Å². The zero-order valence-electron chi connectivity index (χ0n) is 26.1. The molecule has 0 aliphatic heterocycles. The molecule has 0 bridgehead atoms. The number of hydrogen-bond donors (Lipinski definition) is 1. The third-order valence-corrected chi connectivity index (χ3v) is 9.08. The van der Waals surface area contributed by atoms with Gasteiger partial charge in [0, 0.05) is 24.2 Å². The molecule has 1 N–H and O–H groups in total. The molecule has 0 aliphatic rings. The maximum atomic E-state index is 14.3. The highest BCUT2D eigenvalue weighted by atomic mass is 35.5. The number of sulfonamides is 1. The predicted octanol–water partition coefficient (Wildman–Crippen LogP) is 5.06. The molecule has 238 valence electrons. The Bertz CT molecular complexity index is 1580. The average Bonchev–Trinajstić information content (AvgIpc) is 3.00. The molecule has 12 heteroatoms. The molecule has 0 aromatic heterocycles. The predicted molar refractivity (Wildman–Crippen MR) is 171 cm³/mol. The van der Waals surface area contributed by atoms with E-state index in [2.05, 4.69) is 5.32 Å². The summed E-state index contributed by atoms with van der Waals surface area (Å²) in [7, 11) is -0.203. The number of nitrogens with zero attached hydrogens (tertiary/aromatic N) is 2. The second-order valence-electron chi connectivity index (χ2n) is 10.6. The van der Waals surface area contributed by atoms with Gasteiger partial charge in [-0.3, -0.25) is 13.9 Å². The van der Waals surface area contributed by atoms with E-state index in [1.807, 2.05) is 45.0 Å². The highest BCUT2D eigenvalue weighted by molar-refractivity contribution is 7.92. The lowest BCUT2D eigenvalue weighted by molar-refractivity contribution is -0.139. The van der Waals surface area contributed by atoms with Crippen LogP contribution in [0.4, 0.5) is 5.69 Å². The van der Waals surface area contributed by atoms with Gasteiger partial charge in [0.1, 0.15) is 18.3 Å². The Balaban J connectivity index is 2.14. The molecule has 3 rings (SSSR count). The summed E-state index contributed by atoms with van der Waals surface area (Å²) < 4.78 is 45.7. The number of carbonyl (C=O) groups is 2. The Morgan fingerprint density at radius 1 is 0.886 bits per heavy atom. The van der Waals surface area contributed by atoms with Gasteiger partial charge in [0.2, 0.25) is 11.8 Å². The monoisotopic (exact) mass is 645 g/mol. The van der Waals surface area contributed by atoms with E-state index in [-0.39, 0.29) is 45.5 Å². The highest BCUT2D eigenvalue weighted by Gasteiger charge is 2.34. The summed E-state index contributed by atoms with van der Waals surface area (Å²) in [6, 6.07) is 15.2. The lowest BCUT2D eigenvalue weighted by Gasteiger charge is -2.33. The third kappa shape index (κ3) is 8.15. The molecule has 3 aromatic rings. The molecule has 0 radical (unpaired) electrons. The maximum absolute atomic E-state index is 14.3. The Morgan fingerprint density at radius 3 is 2.14 bits per heavy atom. The van der Waals surface area contributed by atoms with Crippen LogP contribution in [-0.2, 0) is 26.2 Å². The van der Waals surface area contributed by atoms with Gasteiger partial charge in [-0.05, 0) is 61.2 Å². The van der Waals surface area contributed by atoms with Crippen LogP contribution in [0.5, 0.6) is 17.2 Å². The van der Waals surface area contributed by atoms with E-state index in [0.717, 1.165) is 15.4 Å². The fourth-order valence-corrected chi connectivity index (χ4v) is 6.08. The fraction of sp³-hybridized carbons (Fsp3) is 0.375. The smallest absolute Gasteiger partial charge is 0.265 e. The van der Waals surface area contributed by atoms with E-state index in [9.17, 15) is 18.0 Å². The fourth-order valence-electron chi connectivity index (χ4n) is 4.48. The number of carbonyl (C=O) groups excluding carboxylic acids is 2. The molecule has 10 nitrogen and oxygen atoms in total. The molecule has 44 heavy (non-hydrogen) atoms. The number of benzene rings is 3. The molecule has 0 saturated heterocycles. The van der Waals surface area contributed by atoms with Gasteiger partial charge < -0.3 is 24.4 Å². The lowest BCUT2D eigenvalue weighted by Crippen LogP contribution is -2.51. The summed E-state index contributed by atoms with van der Waals surface area (Å²) >= 11 is 6.32. The number of rotatable bonds is 14. The molecule has 0 spiro atoms. The molecule has 0 aliphatic carbocycles. The summed E-state index contributed by atoms with van der Waals surface area (Å²) in [5.74, 6) is -0.0556. The van der Waals surface area contributed by atoms with Gasteiger partial charge in [-0.1, -0.05) is 49.7 Å². The van der Waals surface area contributed by atoms with Crippen LogP contribution >= 0.6 is 11.6 Å². The number of anilines is 1. The zero-order chi connectivity index (χ0) is 32.6. The summed E-state index contributed by atoms with van der Waals surface area (Å²) in [6.45, 7) is 7.33. The lowest BCUT2D eigenvalue weighted by atomic mass is 10.1. The first-order chi connectivity index (χ1) is 20.8. The van der Waals surface area contributed by atoms with Crippen molar-refractivity contribution < 1.29 is 32.2 Å². The largest absolute Gasteiger partial charge is 0.495 e. The van der Waals surface area contributed by atoms with E-state index >= 15 is 0 Å². The van der Waals surface area contributed by atoms with Crippen molar-refractivity contribution in [1.82, 2.24) is 10.2 Å². The van der Waals surface area contributed by atoms with Gasteiger partial charge in [0.25, 0.3) is 10.0 Å². The van der Waals surface area contributed by atoms with Crippen LogP contribution in [0.1, 0.15) is 31.9 Å². The van der Waals surface area contributed by atoms with E-state index in [1.165, 1.54) is 56.6 Å². The van der Waals surface area contributed by atoms with Crippen molar-refractivity contribution in [3.05, 3.63) is 76.8 Å². The number of halogens is 1. The van der Waals surface area contributed by atoms with Crippen molar-refractivity contribution in [2.24, 2.45) is 5.92 Å². The van der Waals surface area contributed by atoms with Gasteiger partial charge in [-0.15, -0.1) is 0 Å².